The average Bonchev–Trinajstić information content (AvgIpc) is 3.04. The summed E-state index contributed by atoms with van der Waals surface area (Å²) in [5.41, 5.74) is 0.924. The van der Waals surface area contributed by atoms with Crippen molar-refractivity contribution in [2.75, 3.05) is 13.7 Å². The molecule has 2 aromatic carbocycles. The van der Waals surface area contributed by atoms with Gasteiger partial charge in [-0.25, -0.2) is 4.79 Å². The van der Waals surface area contributed by atoms with Crippen LogP contribution in [-0.4, -0.2) is 31.6 Å². The average molecular weight is 418 g/mol. The van der Waals surface area contributed by atoms with E-state index >= 15 is 0 Å². The van der Waals surface area contributed by atoms with Crippen molar-refractivity contribution < 1.29 is 19.1 Å². The van der Waals surface area contributed by atoms with Gasteiger partial charge < -0.3 is 14.8 Å². The first-order chi connectivity index (χ1) is 13.5. The lowest BCUT2D eigenvalue weighted by molar-refractivity contribution is -0.145. The lowest BCUT2D eigenvalue weighted by atomic mass is 10.1. The Morgan fingerprint density at radius 3 is 2.61 bits per heavy atom. The van der Waals surface area contributed by atoms with Gasteiger partial charge in [0.25, 0.3) is 5.91 Å². The Morgan fingerprint density at radius 2 is 1.93 bits per heavy atom. The Hall–Kier alpha value is -2.57. The van der Waals surface area contributed by atoms with Crippen molar-refractivity contribution in [2.45, 2.75) is 19.4 Å². The third-order valence-corrected chi connectivity index (χ3v) is 5.86. The molecule has 0 aliphatic rings. The van der Waals surface area contributed by atoms with Crippen LogP contribution in [0.3, 0.4) is 0 Å². The second-order valence-electron chi connectivity index (χ2n) is 6.08. The Morgan fingerprint density at radius 1 is 1.18 bits per heavy atom. The summed E-state index contributed by atoms with van der Waals surface area (Å²) < 4.78 is 11.2. The first kappa shape index (κ1) is 20.2. The normalized spacial score (nSPS) is 11.8. The summed E-state index contributed by atoms with van der Waals surface area (Å²) in [5, 5.41) is 3.91. The molecule has 0 fully saturated rings. The molecule has 1 heterocycles. The quantitative estimate of drug-likeness (QED) is 0.576. The molecule has 3 aromatic rings. The molecule has 0 radical (unpaired) electrons. The van der Waals surface area contributed by atoms with Gasteiger partial charge in [-0.15, -0.1) is 11.3 Å². The number of benzene rings is 2. The second-order valence-corrected chi connectivity index (χ2v) is 7.51. The minimum atomic E-state index is -0.800. The molecule has 0 saturated heterocycles. The fraction of sp³-hybridized carbons (Fsp3) is 0.238. The molecule has 7 heteroatoms. The fourth-order valence-electron chi connectivity index (χ4n) is 2.83. The molecular weight excluding hydrogens is 398 g/mol. The molecular formula is C21H20ClNO4S. The van der Waals surface area contributed by atoms with Crippen LogP contribution in [0.5, 0.6) is 5.75 Å². The molecule has 146 valence electrons. The van der Waals surface area contributed by atoms with Crippen molar-refractivity contribution in [2.24, 2.45) is 0 Å². The van der Waals surface area contributed by atoms with E-state index < -0.39 is 17.9 Å². The van der Waals surface area contributed by atoms with E-state index in [1.807, 2.05) is 42.5 Å². The number of methoxy groups -OCH3 is 1. The molecule has 1 unspecified atom stereocenters. The van der Waals surface area contributed by atoms with Crippen LogP contribution in [0, 0.1) is 0 Å². The second kappa shape index (κ2) is 9.08. The number of carbonyl (C=O) groups excluding carboxylic acids is 2. The number of halogens is 1. The molecule has 28 heavy (non-hydrogen) atoms. The van der Waals surface area contributed by atoms with Crippen LogP contribution in [-0.2, 0) is 16.0 Å². The van der Waals surface area contributed by atoms with E-state index in [1.165, 1.54) is 11.3 Å². The highest BCUT2D eigenvalue weighted by atomic mass is 35.5. The number of ether oxygens (including phenoxy) is 2. The van der Waals surface area contributed by atoms with Crippen LogP contribution in [0.1, 0.15) is 22.2 Å². The van der Waals surface area contributed by atoms with Gasteiger partial charge in [0.1, 0.15) is 16.7 Å². The Bertz CT molecular complexity index is 987. The van der Waals surface area contributed by atoms with Crippen LogP contribution in [0.4, 0.5) is 0 Å². The summed E-state index contributed by atoms with van der Waals surface area (Å²) in [7, 11) is 1.58. The Labute approximate surface area is 172 Å². The maximum atomic E-state index is 12.9. The minimum Gasteiger partial charge on any atom is -0.497 e. The van der Waals surface area contributed by atoms with Crippen molar-refractivity contribution in [3.05, 3.63) is 64.0 Å². The summed E-state index contributed by atoms with van der Waals surface area (Å²) in [6.07, 6.45) is 0.335. The number of fused-ring (bicyclic) bond motifs is 1. The number of amides is 1. The monoisotopic (exact) mass is 417 g/mol. The number of hydrogen-bond donors (Lipinski definition) is 1. The molecule has 5 nitrogen and oxygen atoms in total. The number of rotatable bonds is 7. The highest BCUT2D eigenvalue weighted by Crippen LogP contribution is 2.37. The summed E-state index contributed by atoms with van der Waals surface area (Å²) >= 11 is 7.68. The van der Waals surface area contributed by atoms with E-state index in [0.29, 0.717) is 22.1 Å². The van der Waals surface area contributed by atoms with Gasteiger partial charge in [0, 0.05) is 16.5 Å². The van der Waals surface area contributed by atoms with Crippen molar-refractivity contribution in [1.29, 1.82) is 0 Å². The first-order valence-electron chi connectivity index (χ1n) is 8.81. The highest BCUT2D eigenvalue weighted by Gasteiger charge is 2.26. The molecule has 1 atom stereocenters. The first-order valence-corrected chi connectivity index (χ1v) is 10.0. The Balaban J connectivity index is 1.85. The molecule has 3 rings (SSSR count). The van der Waals surface area contributed by atoms with Crippen molar-refractivity contribution >= 4 is 44.9 Å². The molecule has 1 N–H and O–H groups in total. The predicted octanol–water partition coefficient (Wildman–Crippen LogP) is 4.47. The largest absolute Gasteiger partial charge is 0.497 e. The molecule has 0 saturated carbocycles. The van der Waals surface area contributed by atoms with Gasteiger partial charge >= 0.3 is 5.97 Å². The zero-order valence-electron chi connectivity index (χ0n) is 15.5. The van der Waals surface area contributed by atoms with Crippen LogP contribution < -0.4 is 10.1 Å². The van der Waals surface area contributed by atoms with Crippen LogP contribution in [0.2, 0.25) is 5.02 Å². The smallest absolute Gasteiger partial charge is 0.328 e. The standard InChI is InChI=1S/C21H20ClNO4S/c1-3-27-21(25)16(11-13-7-5-4-6-8-13)23-20(24)19-18(22)15-10-9-14(26-2)12-17(15)28-19/h4-10,12,16H,3,11H2,1-2H3,(H,23,24). The number of esters is 1. The van der Waals surface area contributed by atoms with Gasteiger partial charge in [0.2, 0.25) is 0 Å². The van der Waals surface area contributed by atoms with E-state index in [2.05, 4.69) is 5.32 Å². The number of hydrogen-bond acceptors (Lipinski definition) is 5. The molecule has 1 aromatic heterocycles. The maximum Gasteiger partial charge on any atom is 0.328 e. The summed E-state index contributed by atoms with van der Waals surface area (Å²) in [6.45, 7) is 1.97. The van der Waals surface area contributed by atoms with Gasteiger partial charge in [-0.1, -0.05) is 41.9 Å². The molecule has 0 bridgehead atoms. The lowest BCUT2D eigenvalue weighted by Crippen LogP contribution is -2.43. The lowest BCUT2D eigenvalue weighted by Gasteiger charge is -2.17. The van der Waals surface area contributed by atoms with Gasteiger partial charge in [-0.2, -0.15) is 0 Å². The van der Waals surface area contributed by atoms with Crippen LogP contribution >= 0.6 is 22.9 Å². The topological polar surface area (TPSA) is 64.6 Å². The zero-order chi connectivity index (χ0) is 20.1. The summed E-state index contributed by atoms with van der Waals surface area (Å²) in [4.78, 5) is 25.6. The van der Waals surface area contributed by atoms with E-state index in [9.17, 15) is 9.59 Å². The predicted molar refractivity (Wildman–Crippen MR) is 111 cm³/mol. The van der Waals surface area contributed by atoms with E-state index in [4.69, 9.17) is 21.1 Å². The molecule has 1 amide bonds. The third kappa shape index (κ3) is 4.46. The van der Waals surface area contributed by atoms with Crippen LogP contribution in [0.15, 0.2) is 48.5 Å². The van der Waals surface area contributed by atoms with Gasteiger partial charge in [-0.05, 0) is 30.7 Å². The fourth-order valence-corrected chi connectivity index (χ4v) is 4.28. The Kier molecular flexibility index (Phi) is 6.54. The molecule has 0 aliphatic heterocycles. The van der Waals surface area contributed by atoms with Gasteiger partial charge in [-0.3, -0.25) is 4.79 Å². The highest BCUT2D eigenvalue weighted by molar-refractivity contribution is 7.21. The number of nitrogens with one attached hydrogen (secondary N) is 1. The summed E-state index contributed by atoms with van der Waals surface area (Å²) in [6, 6.07) is 14.1. The molecule has 0 spiro atoms. The summed E-state index contributed by atoms with van der Waals surface area (Å²) in [5.74, 6) is -0.191. The maximum absolute atomic E-state index is 12.9. The zero-order valence-corrected chi connectivity index (χ0v) is 17.1. The molecule has 0 aliphatic carbocycles. The van der Waals surface area contributed by atoms with Gasteiger partial charge in [0.15, 0.2) is 0 Å². The van der Waals surface area contributed by atoms with E-state index in [1.54, 1.807) is 20.1 Å². The van der Waals surface area contributed by atoms with Crippen molar-refractivity contribution in [3.63, 3.8) is 0 Å². The van der Waals surface area contributed by atoms with E-state index in [0.717, 1.165) is 15.6 Å². The minimum absolute atomic E-state index is 0.240. The van der Waals surface area contributed by atoms with Crippen molar-refractivity contribution in [1.82, 2.24) is 5.32 Å². The van der Waals surface area contributed by atoms with E-state index in [-0.39, 0.29) is 6.61 Å². The number of carbonyl (C=O) groups is 2. The number of thiophene rings is 1. The van der Waals surface area contributed by atoms with Crippen molar-refractivity contribution in [3.8, 4) is 5.75 Å². The third-order valence-electron chi connectivity index (χ3n) is 4.20. The SMILES string of the molecule is CCOC(=O)C(Cc1ccccc1)NC(=O)c1sc2cc(OC)ccc2c1Cl. The van der Waals surface area contributed by atoms with Gasteiger partial charge in [0.05, 0.1) is 18.7 Å². The van der Waals surface area contributed by atoms with Crippen LogP contribution in [0.25, 0.3) is 10.1 Å².